The average molecular weight is 293 g/mol. The van der Waals surface area contributed by atoms with E-state index < -0.39 is 8.32 Å². The van der Waals surface area contributed by atoms with Gasteiger partial charge in [0.05, 0.1) is 0 Å². The van der Waals surface area contributed by atoms with Gasteiger partial charge < -0.3 is 4.43 Å². The van der Waals surface area contributed by atoms with E-state index in [1.807, 2.05) is 0 Å². The van der Waals surface area contributed by atoms with Crippen LogP contribution in [-0.4, -0.2) is 14.9 Å². The molecule has 0 aromatic heterocycles. The Morgan fingerprint density at radius 2 is 1.65 bits per heavy atom. The van der Waals surface area contributed by atoms with Gasteiger partial charge in [0.15, 0.2) is 8.32 Å². The van der Waals surface area contributed by atoms with Crippen LogP contribution in [0.4, 0.5) is 0 Å². The lowest BCUT2D eigenvalue weighted by Gasteiger charge is -2.45. The van der Waals surface area contributed by atoms with E-state index in [0.717, 1.165) is 47.7 Å². The average Bonchev–Trinajstić information content (AvgIpc) is 3.16. The molecule has 0 N–H and O–H groups in total. The first-order chi connectivity index (χ1) is 9.60. The van der Waals surface area contributed by atoms with E-state index in [1.54, 1.807) is 38.5 Å². The largest absolute Gasteiger partial charge is 0.417 e. The summed E-state index contributed by atoms with van der Waals surface area (Å²) in [6.45, 7) is 8.20. The van der Waals surface area contributed by atoms with Crippen molar-refractivity contribution in [3.63, 3.8) is 0 Å². The molecule has 7 unspecified atom stereocenters. The van der Waals surface area contributed by atoms with Crippen LogP contribution in [0.25, 0.3) is 0 Å². The second-order valence-electron chi connectivity index (χ2n) is 8.81. The standard InChI is InChI=1S/C18H32OSi/c1-4-19-20(2,3)18-15-8-7-14(11-15)17(18)16-10-12-5-6-13(16)9-12/h12-18H,4-11H2,1-3H3. The Morgan fingerprint density at radius 3 is 2.30 bits per heavy atom. The van der Waals surface area contributed by atoms with Gasteiger partial charge in [0, 0.05) is 6.61 Å². The van der Waals surface area contributed by atoms with Gasteiger partial charge in [-0.15, -0.1) is 0 Å². The molecule has 4 fully saturated rings. The quantitative estimate of drug-likeness (QED) is 0.657. The smallest absolute Gasteiger partial charge is 0.190 e. The number of fused-ring (bicyclic) bond motifs is 4. The van der Waals surface area contributed by atoms with E-state index in [4.69, 9.17) is 4.43 Å². The van der Waals surface area contributed by atoms with Gasteiger partial charge in [-0.2, -0.15) is 0 Å². The van der Waals surface area contributed by atoms with Crippen molar-refractivity contribution in [1.82, 2.24) is 0 Å². The van der Waals surface area contributed by atoms with Crippen LogP contribution in [-0.2, 0) is 4.43 Å². The fourth-order valence-electron chi connectivity index (χ4n) is 7.22. The molecule has 114 valence electrons. The summed E-state index contributed by atoms with van der Waals surface area (Å²) in [6.07, 6.45) is 10.9. The van der Waals surface area contributed by atoms with Crippen molar-refractivity contribution in [3.8, 4) is 0 Å². The van der Waals surface area contributed by atoms with Crippen molar-refractivity contribution in [2.75, 3.05) is 6.61 Å². The van der Waals surface area contributed by atoms with Gasteiger partial charge >= 0.3 is 0 Å². The Bertz CT molecular complexity index is 380. The van der Waals surface area contributed by atoms with Gasteiger partial charge in [-0.1, -0.05) is 12.8 Å². The van der Waals surface area contributed by atoms with Gasteiger partial charge in [-0.3, -0.25) is 0 Å². The second kappa shape index (κ2) is 4.84. The first-order valence-electron chi connectivity index (χ1n) is 9.24. The summed E-state index contributed by atoms with van der Waals surface area (Å²) >= 11 is 0. The minimum atomic E-state index is -1.48. The van der Waals surface area contributed by atoms with Crippen LogP contribution >= 0.6 is 0 Å². The summed E-state index contributed by atoms with van der Waals surface area (Å²) in [5, 5.41) is 0. The molecule has 0 amide bonds. The van der Waals surface area contributed by atoms with Gasteiger partial charge in [-0.05, 0) is 93.2 Å². The molecule has 4 saturated carbocycles. The van der Waals surface area contributed by atoms with Crippen LogP contribution in [0.2, 0.25) is 18.6 Å². The third-order valence-corrected chi connectivity index (χ3v) is 11.1. The summed E-state index contributed by atoms with van der Waals surface area (Å²) in [4.78, 5) is 0. The summed E-state index contributed by atoms with van der Waals surface area (Å²) in [7, 11) is -1.48. The third-order valence-electron chi connectivity index (χ3n) is 7.59. The lowest BCUT2D eigenvalue weighted by atomic mass is 9.72. The fourth-order valence-corrected chi connectivity index (χ4v) is 11.0. The monoisotopic (exact) mass is 292 g/mol. The van der Waals surface area contributed by atoms with Gasteiger partial charge in [-0.25, -0.2) is 0 Å². The highest BCUT2D eigenvalue weighted by Gasteiger charge is 2.59. The fraction of sp³-hybridized carbons (Fsp3) is 1.00. The molecule has 0 aromatic carbocycles. The van der Waals surface area contributed by atoms with Crippen LogP contribution < -0.4 is 0 Å². The minimum Gasteiger partial charge on any atom is -0.417 e. The topological polar surface area (TPSA) is 9.23 Å². The van der Waals surface area contributed by atoms with Crippen LogP contribution in [0, 0.1) is 35.5 Å². The lowest BCUT2D eigenvalue weighted by molar-refractivity contribution is 0.150. The first kappa shape index (κ1) is 13.8. The third kappa shape index (κ3) is 1.97. The molecule has 7 atom stereocenters. The van der Waals surface area contributed by atoms with Crippen molar-refractivity contribution in [2.45, 2.75) is 70.5 Å². The molecule has 4 aliphatic rings. The molecule has 2 heteroatoms. The maximum atomic E-state index is 6.37. The second-order valence-corrected chi connectivity index (χ2v) is 13.0. The summed E-state index contributed by atoms with van der Waals surface area (Å²) in [5.74, 6) is 6.51. The molecule has 0 saturated heterocycles. The molecule has 4 rings (SSSR count). The molecule has 0 spiro atoms. The lowest BCUT2D eigenvalue weighted by Crippen LogP contribution is -2.45. The van der Waals surface area contributed by atoms with E-state index in [-0.39, 0.29) is 0 Å². The Morgan fingerprint density at radius 1 is 0.900 bits per heavy atom. The Kier molecular flexibility index (Phi) is 3.34. The normalized spacial score (nSPS) is 50.2. The Hall–Kier alpha value is 0.177. The zero-order valence-electron chi connectivity index (χ0n) is 13.6. The molecule has 4 aliphatic carbocycles. The molecular formula is C18H32OSi. The molecule has 20 heavy (non-hydrogen) atoms. The number of rotatable bonds is 4. The molecule has 0 aromatic rings. The van der Waals surface area contributed by atoms with Gasteiger partial charge in [0.2, 0.25) is 0 Å². The maximum absolute atomic E-state index is 6.37. The van der Waals surface area contributed by atoms with Crippen molar-refractivity contribution in [1.29, 1.82) is 0 Å². The first-order valence-corrected chi connectivity index (χ1v) is 12.2. The van der Waals surface area contributed by atoms with Crippen LogP contribution in [0.3, 0.4) is 0 Å². The van der Waals surface area contributed by atoms with E-state index in [9.17, 15) is 0 Å². The van der Waals surface area contributed by atoms with E-state index in [2.05, 4.69) is 20.0 Å². The maximum Gasteiger partial charge on any atom is 0.190 e. The Labute approximate surface area is 126 Å². The highest BCUT2D eigenvalue weighted by atomic mass is 28.4. The zero-order valence-corrected chi connectivity index (χ0v) is 14.6. The minimum absolute atomic E-state index is 0.941. The molecular weight excluding hydrogens is 260 g/mol. The van der Waals surface area contributed by atoms with Gasteiger partial charge in [0.1, 0.15) is 0 Å². The van der Waals surface area contributed by atoms with E-state index in [0.29, 0.717) is 0 Å². The Balaban J connectivity index is 1.60. The van der Waals surface area contributed by atoms with E-state index in [1.165, 1.54) is 6.42 Å². The molecule has 0 heterocycles. The predicted molar refractivity (Wildman–Crippen MR) is 86.1 cm³/mol. The highest BCUT2D eigenvalue weighted by molar-refractivity contribution is 6.72. The van der Waals surface area contributed by atoms with Crippen LogP contribution in [0.5, 0.6) is 0 Å². The summed E-state index contributed by atoms with van der Waals surface area (Å²) in [6, 6.07) is 0. The number of hydrogen-bond acceptors (Lipinski definition) is 1. The predicted octanol–water partition coefficient (Wildman–Crippen LogP) is 5.08. The van der Waals surface area contributed by atoms with Crippen molar-refractivity contribution in [3.05, 3.63) is 0 Å². The van der Waals surface area contributed by atoms with Crippen molar-refractivity contribution >= 4 is 8.32 Å². The molecule has 0 aliphatic heterocycles. The summed E-state index contributed by atoms with van der Waals surface area (Å²) in [5.41, 5.74) is 0.991. The highest BCUT2D eigenvalue weighted by Crippen LogP contribution is 2.66. The SMILES string of the molecule is CCO[Si](C)(C)C1C2CCC(C2)C1C1CC2CCC1C2. The van der Waals surface area contributed by atoms with Gasteiger partial charge in [0.25, 0.3) is 0 Å². The zero-order chi connectivity index (χ0) is 13.9. The van der Waals surface area contributed by atoms with Crippen LogP contribution in [0.15, 0.2) is 0 Å². The molecule has 4 bridgehead atoms. The van der Waals surface area contributed by atoms with E-state index >= 15 is 0 Å². The molecule has 1 nitrogen and oxygen atoms in total. The van der Waals surface area contributed by atoms with Crippen molar-refractivity contribution < 1.29 is 4.43 Å². The number of hydrogen-bond donors (Lipinski definition) is 0. The van der Waals surface area contributed by atoms with Crippen molar-refractivity contribution in [2.24, 2.45) is 35.5 Å². The summed E-state index contributed by atoms with van der Waals surface area (Å²) < 4.78 is 6.37. The molecule has 0 radical (unpaired) electrons. The van der Waals surface area contributed by atoms with Crippen LogP contribution in [0.1, 0.15) is 51.9 Å².